The van der Waals surface area contributed by atoms with Crippen molar-refractivity contribution in [3.05, 3.63) is 113 Å². The Morgan fingerprint density at radius 1 is 0.846 bits per heavy atom. The van der Waals surface area contributed by atoms with Crippen LogP contribution in [-0.4, -0.2) is 64.6 Å². The van der Waals surface area contributed by atoms with E-state index in [0.717, 1.165) is 42.0 Å². The van der Waals surface area contributed by atoms with Gasteiger partial charge in [-0.05, 0) is 79.4 Å². The van der Waals surface area contributed by atoms with Gasteiger partial charge in [0.25, 0.3) is 10.0 Å². The predicted octanol–water partition coefficient (Wildman–Crippen LogP) is 7.04. The maximum atomic E-state index is 14.9. The Balaban J connectivity index is 1.59. The molecule has 1 aliphatic rings. The number of rotatable bonds is 16. The highest BCUT2D eigenvalue weighted by Gasteiger charge is 2.36. The van der Waals surface area contributed by atoms with E-state index < -0.39 is 28.5 Å². The van der Waals surface area contributed by atoms with E-state index in [4.69, 9.17) is 25.8 Å². The molecule has 0 heterocycles. The first-order valence-electron chi connectivity index (χ1n) is 17.5. The molecule has 1 N–H and O–H groups in total. The van der Waals surface area contributed by atoms with Gasteiger partial charge in [-0.3, -0.25) is 13.9 Å². The summed E-state index contributed by atoms with van der Waals surface area (Å²) >= 11 is 6.38. The summed E-state index contributed by atoms with van der Waals surface area (Å²) in [5.41, 5.74) is 1.79. The molecule has 10 nitrogen and oxygen atoms in total. The van der Waals surface area contributed by atoms with Gasteiger partial charge in [-0.15, -0.1) is 0 Å². The van der Waals surface area contributed by atoms with Crippen LogP contribution in [0.1, 0.15) is 50.2 Å². The molecule has 12 heteroatoms. The van der Waals surface area contributed by atoms with Crippen LogP contribution in [0.2, 0.25) is 5.02 Å². The van der Waals surface area contributed by atoms with Crippen LogP contribution in [0.5, 0.6) is 17.2 Å². The van der Waals surface area contributed by atoms with Gasteiger partial charge in [0.2, 0.25) is 11.8 Å². The van der Waals surface area contributed by atoms with Gasteiger partial charge >= 0.3 is 0 Å². The van der Waals surface area contributed by atoms with Gasteiger partial charge in [-0.25, -0.2) is 8.42 Å². The molecule has 2 amide bonds. The van der Waals surface area contributed by atoms with Crippen LogP contribution < -0.4 is 23.8 Å². The summed E-state index contributed by atoms with van der Waals surface area (Å²) in [5.74, 6) is 0.252. The molecule has 0 radical (unpaired) electrons. The highest BCUT2D eigenvalue weighted by atomic mass is 35.5. The lowest BCUT2D eigenvalue weighted by Gasteiger charge is -2.35. The first kappa shape index (κ1) is 38.5. The Bertz CT molecular complexity index is 1900. The molecule has 4 aromatic carbocycles. The number of nitrogens with zero attached hydrogens (tertiary/aromatic N) is 2. The maximum absolute atomic E-state index is 14.9. The summed E-state index contributed by atoms with van der Waals surface area (Å²) in [4.78, 5) is 30.5. The van der Waals surface area contributed by atoms with Crippen molar-refractivity contribution >= 4 is 39.1 Å². The Morgan fingerprint density at radius 3 is 2.19 bits per heavy atom. The first-order chi connectivity index (χ1) is 25.1. The molecule has 1 atom stereocenters. The minimum atomic E-state index is -4.38. The largest absolute Gasteiger partial charge is 0.494 e. The zero-order valence-corrected chi connectivity index (χ0v) is 31.4. The lowest BCUT2D eigenvalue weighted by Crippen LogP contribution is -2.55. The number of methoxy groups -OCH3 is 2. The van der Waals surface area contributed by atoms with Crippen LogP contribution in [0.3, 0.4) is 0 Å². The van der Waals surface area contributed by atoms with E-state index in [1.54, 1.807) is 42.5 Å². The SMILES string of the molecule is CCOc1ccc(N(CC(=O)N(Cc2cccc(Cl)c2)[C@@H](Cc2ccccc2)C(=O)NC2CCCCC2)S(=O)(=O)c2ccc(OC)c(OC)c2)cc1. The summed E-state index contributed by atoms with van der Waals surface area (Å²) in [6.07, 6.45) is 5.10. The molecule has 276 valence electrons. The van der Waals surface area contributed by atoms with Crippen molar-refractivity contribution in [3.8, 4) is 17.2 Å². The molecular formula is C40H46ClN3O7S. The van der Waals surface area contributed by atoms with Crippen molar-refractivity contribution in [2.24, 2.45) is 0 Å². The molecule has 5 rings (SSSR count). The van der Waals surface area contributed by atoms with E-state index in [1.165, 1.54) is 37.3 Å². The quantitative estimate of drug-likeness (QED) is 0.131. The van der Waals surface area contributed by atoms with Crippen molar-refractivity contribution < 1.29 is 32.2 Å². The third-order valence-corrected chi connectivity index (χ3v) is 11.1. The molecule has 1 saturated carbocycles. The second-order valence-corrected chi connectivity index (χ2v) is 15.0. The predicted molar refractivity (Wildman–Crippen MR) is 203 cm³/mol. The zero-order valence-electron chi connectivity index (χ0n) is 29.8. The number of nitrogens with one attached hydrogen (secondary N) is 1. The monoisotopic (exact) mass is 747 g/mol. The van der Waals surface area contributed by atoms with Gasteiger partial charge in [0.15, 0.2) is 11.5 Å². The second kappa shape index (κ2) is 18.1. The van der Waals surface area contributed by atoms with Gasteiger partial charge in [0, 0.05) is 30.1 Å². The van der Waals surface area contributed by atoms with Crippen LogP contribution in [-0.2, 0) is 32.6 Å². The number of anilines is 1. The number of benzene rings is 4. The second-order valence-electron chi connectivity index (χ2n) is 12.7. The summed E-state index contributed by atoms with van der Waals surface area (Å²) in [5, 5.41) is 3.70. The van der Waals surface area contributed by atoms with Gasteiger partial charge < -0.3 is 24.4 Å². The number of hydrogen-bond donors (Lipinski definition) is 1. The smallest absolute Gasteiger partial charge is 0.264 e. The van der Waals surface area contributed by atoms with Crippen molar-refractivity contribution in [3.63, 3.8) is 0 Å². The van der Waals surface area contributed by atoms with Crippen molar-refractivity contribution in [1.29, 1.82) is 0 Å². The van der Waals surface area contributed by atoms with Crippen molar-refractivity contribution in [2.75, 3.05) is 31.7 Å². The molecule has 4 aromatic rings. The molecule has 1 fully saturated rings. The molecule has 1 aliphatic carbocycles. The Morgan fingerprint density at radius 2 is 1.54 bits per heavy atom. The Hall–Kier alpha value is -4.74. The third kappa shape index (κ3) is 9.77. The number of sulfonamides is 1. The number of halogens is 1. The van der Waals surface area contributed by atoms with E-state index in [1.807, 2.05) is 43.3 Å². The molecule has 0 saturated heterocycles. The van der Waals surface area contributed by atoms with E-state index in [0.29, 0.717) is 28.7 Å². The topological polar surface area (TPSA) is 114 Å². The number of carbonyl (C=O) groups excluding carboxylic acids is 2. The molecule has 0 aromatic heterocycles. The molecular weight excluding hydrogens is 702 g/mol. The molecule has 52 heavy (non-hydrogen) atoms. The van der Waals surface area contributed by atoms with Gasteiger partial charge in [-0.2, -0.15) is 0 Å². The molecule has 0 aliphatic heterocycles. The lowest BCUT2D eigenvalue weighted by molar-refractivity contribution is -0.140. The average molecular weight is 748 g/mol. The van der Waals surface area contributed by atoms with Crippen LogP contribution in [0.15, 0.2) is 102 Å². The Labute approximate surface area is 311 Å². The summed E-state index contributed by atoms with van der Waals surface area (Å²) < 4.78 is 46.5. The number of amides is 2. The zero-order chi connectivity index (χ0) is 37.1. The van der Waals surface area contributed by atoms with Crippen molar-refractivity contribution in [1.82, 2.24) is 10.2 Å². The highest BCUT2D eigenvalue weighted by Crippen LogP contribution is 2.33. The number of carbonyl (C=O) groups is 2. The average Bonchev–Trinajstić information content (AvgIpc) is 3.16. The fraction of sp³-hybridized carbons (Fsp3) is 0.350. The normalized spacial score (nSPS) is 13.8. The van der Waals surface area contributed by atoms with Gasteiger partial charge in [0.05, 0.1) is 31.4 Å². The standard InChI is InChI=1S/C40H46ClN3O7S/c1-4-51-34-20-18-33(19-21-34)44(52(47,48)35-22-23-37(49-2)38(26-35)50-3)28-39(45)43(27-30-14-11-15-31(41)24-30)36(25-29-12-7-5-8-13-29)40(46)42-32-16-9-6-10-17-32/h5,7-8,11-15,18-24,26,32,36H,4,6,9-10,16-17,25,27-28H2,1-3H3,(H,42,46)/t36-/m0/s1. The first-order valence-corrected chi connectivity index (χ1v) is 19.3. The number of ether oxygens (including phenoxy) is 3. The highest BCUT2D eigenvalue weighted by molar-refractivity contribution is 7.92. The van der Waals surface area contributed by atoms with Gasteiger partial charge in [0.1, 0.15) is 18.3 Å². The summed E-state index contributed by atoms with van der Waals surface area (Å²) in [6, 6.07) is 26.4. The molecule has 0 unspecified atom stereocenters. The van der Waals surface area contributed by atoms with E-state index >= 15 is 0 Å². The van der Waals surface area contributed by atoms with Crippen LogP contribution in [0.25, 0.3) is 0 Å². The third-order valence-electron chi connectivity index (χ3n) is 9.12. The van der Waals surface area contributed by atoms with E-state index in [9.17, 15) is 18.0 Å². The summed E-state index contributed by atoms with van der Waals surface area (Å²) in [6.45, 7) is 1.69. The summed E-state index contributed by atoms with van der Waals surface area (Å²) in [7, 11) is -1.51. The maximum Gasteiger partial charge on any atom is 0.264 e. The fourth-order valence-electron chi connectivity index (χ4n) is 6.44. The lowest BCUT2D eigenvalue weighted by atomic mass is 9.94. The minimum absolute atomic E-state index is 0.00609. The number of hydrogen-bond acceptors (Lipinski definition) is 7. The van der Waals surface area contributed by atoms with Crippen molar-refractivity contribution in [2.45, 2.75) is 69.0 Å². The van der Waals surface area contributed by atoms with Gasteiger partial charge in [-0.1, -0.05) is 73.3 Å². The Kier molecular flexibility index (Phi) is 13.4. The molecule has 0 bridgehead atoms. The minimum Gasteiger partial charge on any atom is -0.494 e. The molecule has 0 spiro atoms. The van der Waals surface area contributed by atoms with Crippen LogP contribution in [0, 0.1) is 0 Å². The van der Waals surface area contributed by atoms with E-state index in [2.05, 4.69) is 5.32 Å². The van der Waals surface area contributed by atoms with Crippen LogP contribution in [0.4, 0.5) is 5.69 Å². The van der Waals surface area contributed by atoms with Crippen LogP contribution >= 0.6 is 11.6 Å². The fourth-order valence-corrected chi connectivity index (χ4v) is 8.08. The van der Waals surface area contributed by atoms with E-state index in [-0.39, 0.29) is 41.2 Å².